The van der Waals surface area contributed by atoms with Crippen LogP contribution in [0.2, 0.25) is 0 Å². The number of sulfonamides is 1. The Morgan fingerprint density at radius 2 is 1.73 bits per heavy atom. The van der Waals surface area contributed by atoms with Gasteiger partial charge in [-0.2, -0.15) is 13.1 Å². The molecule has 1 heterocycles. The lowest BCUT2D eigenvalue weighted by Gasteiger charge is -2.34. The SMILES string of the molecule is C[C@H]1C[C@H](C)CN(S(=O)(=O)c2cccc(C(=O)Nc3ccc(OC(F)F)cc3)c2)C1. The summed E-state index contributed by atoms with van der Waals surface area (Å²) >= 11 is 0. The number of piperidine rings is 1. The van der Waals surface area contributed by atoms with Crippen LogP contribution in [0.25, 0.3) is 0 Å². The van der Waals surface area contributed by atoms with E-state index in [0.717, 1.165) is 6.42 Å². The summed E-state index contributed by atoms with van der Waals surface area (Å²) in [6.45, 7) is 2.03. The smallest absolute Gasteiger partial charge is 0.387 e. The van der Waals surface area contributed by atoms with E-state index >= 15 is 0 Å². The summed E-state index contributed by atoms with van der Waals surface area (Å²) in [4.78, 5) is 12.6. The molecule has 3 rings (SSSR count). The number of halogens is 2. The normalized spacial score (nSPS) is 20.2. The molecule has 1 saturated heterocycles. The Labute approximate surface area is 174 Å². The fourth-order valence-corrected chi connectivity index (χ4v) is 5.40. The minimum atomic E-state index is -3.71. The number of rotatable bonds is 6. The number of amides is 1. The van der Waals surface area contributed by atoms with Crippen LogP contribution in [0.1, 0.15) is 30.6 Å². The standard InChI is InChI=1S/C21H24F2N2O4S/c1-14-10-15(2)13-25(12-14)30(27,28)19-5-3-4-16(11-19)20(26)24-17-6-8-18(9-7-17)29-21(22)23/h3-9,11,14-15,21H,10,12-13H2,1-2H3,(H,24,26)/t14-,15-/m0/s1. The quantitative estimate of drug-likeness (QED) is 0.733. The van der Waals surface area contributed by atoms with Gasteiger partial charge in [-0.15, -0.1) is 0 Å². The summed E-state index contributed by atoms with van der Waals surface area (Å²) in [5.41, 5.74) is 0.552. The first kappa shape index (κ1) is 22.2. The minimum absolute atomic E-state index is 0.0268. The number of benzene rings is 2. The predicted molar refractivity (Wildman–Crippen MR) is 109 cm³/mol. The molecule has 9 heteroatoms. The average molecular weight is 438 g/mol. The number of hydrogen-bond donors (Lipinski definition) is 1. The summed E-state index contributed by atoms with van der Waals surface area (Å²) in [5, 5.41) is 2.62. The molecule has 2 atom stereocenters. The van der Waals surface area contributed by atoms with E-state index in [1.54, 1.807) is 0 Å². The van der Waals surface area contributed by atoms with Gasteiger partial charge < -0.3 is 10.1 Å². The fourth-order valence-electron chi connectivity index (χ4n) is 3.67. The maximum atomic E-state index is 13.1. The Morgan fingerprint density at radius 1 is 1.10 bits per heavy atom. The topological polar surface area (TPSA) is 75.7 Å². The van der Waals surface area contributed by atoms with Gasteiger partial charge in [-0.05, 0) is 60.7 Å². The van der Waals surface area contributed by atoms with Crippen molar-refractivity contribution < 1.29 is 26.7 Å². The molecule has 2 aromatic rings. The Hall–Kier alpha value is -2.52. The molecule has 0 saturated carbocycles. The van der Waals surface area contributed by atoms with Crippen molar-refractivity contribution in [1.29, 1.82) is 0 Å². The molecule has 6 nitrogen and oxygen atoms in total. The van der Waals surface area contributed by atoms with Gasteiger partial charge in [-0.3, -0.25) is 4.79 Å². The van der Waals surface area contributed by atoms with Gasteiger partial charge in [0.25, 0.3) is 5.91 Å². The third kappa shape index (κ3) is 5.34. The first-order valence-electron chi connectivity index (χ1n) is 9.61. The molecule has 0 bridgehead atoms. The van der Waals surface area contributed by atoms with E-state index in [4.69, 9.17) is 0 Å². The molecule has 1 amide bonds. The number of hydrogen-bond acceptors (Lipinski definition) is 4. The number of nitrogens with zero attached hydrogens (tertiary/aromatic N) is 1. The second kappa shape index (κ2) is 9.09. The Balaban J connectivity index is 1.75. The van der Waals surface area contributed by atoms with Crippen molar-refractivity contribution in [2.75, 3.05) is 18.4 Å². The zero-order chi connectivity index (χ0) is 21.9. The highest BCUT2D eigenvalue weighted by atomic mass is 32.2. The third-order valence-corrected chi connectivity index (χ3v) is 6.73. The molecule has 0 unspecified atom stereocenters. The van der Waals surface area contributed by atoms with Crippen LogP contribution in [0.4, 0.5) is 14.5 Å². The zero-order valence-corrected chi connectivity index (χ0v) is 17.5. The molecule has 1 aliphatic heterocycles. The summed E-state index contributed by atoms with van der Waals surface area (Å²) in [6.07, 6.45) is 0.982. The number of nitrogens with one attached hydrogen (secondary N) is 1. The Kier molecular flexibility index (Phi) is 6.72. The van der Waals surface area contributed by atoms with Gasteiger partial charge in [0.2, 0.25) is 10.0 Å². The van der Waals surface area contributed by atoms with Crippen LogP contribution in [0, 0.1) is 11.8 Å². The van der Waals surface area contributed by atoms with Crippen molar-refractivity contribution >= 4 is 21.6 Å². The maximum absolute atomic E-state index is 13.1. The largest absolute Gasteiger partial charge is 0.435 e. The van der Waals surface area contributed by atoms with Gasteiger partial charge in [0.15, 0.2) is 0 Å². The van der Waals surface area contributed by atoms with Crippen LogP contribution in [-0.4, -0.2) is 38.3 Å². The molecule has 0 aromatic heterocycles. The molecule has 1 N–H and O–H groups in total. The number of carbonyl (C=O) groups excluding carboxylic acids is 1. The van der Waals surface area contributed by atoms with Gasteiger partial charge >= 0.3 is 6.61 Å². The van der Waals surface area contributed by atoms with Crippen LogP contribution in [-0.2, 0) is 10.0 Å². The van der Waals surface area contributed by atoms with Gasteiger partial charge in [0.05, 0.1) is 4.90 Å². The van der Waals surface area contributed by atoms with Gasteiger partial charge in [-0.25, -0.2) is 8.42 Å². The fraction of sp³-hybridized carbons (Fsp3) is 0.381. The lowest BCUT2D eigenvalue weighted by atomic mass is 9.94. The van der Waals surface area contributed by atoms with E-state index in [2.05, 4.69) is 10.1 Å². The molecule has 162 valence electrons. The highest BCUT2D eigenvalue weighted by molar-refractivity contribution is 7.89. The second-order valence-corrected chi connectivity index (χ2v) is 9.59. The zero-order valence-electron chi connectivity index (χ0n) is 16.7. The number of anilines is 1. The van der Waals surface area contributed by atoms with Crippen molar-refractivity contribution in [3.8, 4) is 5.75 Å². The van der Waals surface area contributed by atoms with E-state index in [9.17, 15) is 22.0 Å². The first-order chi connectivity index (χ1) is 14.1. The summed E-state index contributed by atoms with van der Waals surface area (Å²) < 4.78 is 56.3. The van der Waals surface area contributed by atoms with E-state index in [0.29, 0.717) is 18.8 Å². The monoisotopic (exact) mass is 438 g/mol. The van der Waals surface area contributed by atoms with Crippen molar-refractivity contribution in [2.24, 2.45) is 11.8 Å². The maximum Gasteiger partial charge on any atom is 0.387 e. The molecule has 1 aliphatic rings. The molecule has 0 spiro atoms. The van der Waals surface area contributed by atoms with Crippen molar-refractivity contribution in [3.63, 3.8) is 0 Å². The Morgan fingerprint density at radius 3 is 2.33 bits per heavy atom. The van der Waals surface area contributed by atoms with Crippen LogP contribution in [0.5, 0.6) is 5.75 Å². The highest BCUT2D eigenvalue weighted by Crippen LogP contribution is 2.27. The van der Waals surface area contributed by atoms with Crippen molar-refractivity contribution in [3.05, 3.63) is 54.1 Å². The Bertz CT molecular complexity index is 986. The molecule has 30 heavy (non-hydrogen) atoms. The van der Waals surface area contributed by atoms with E-state index in [-0.39, 0.29) is 28.0 Å². The highest BCUT2D eigenvalue weighted by Gasteiger charge is 2.32. The average Bonchev–Trinajstić information content (AvgIpc) is 2.68. The molecular formula is C21H24F2N2O4S. The lowest BCUT2D eigenvalue weighted by molar-refractivity contribution is -0.0498. The third-order valence-electron chi connectivity index (χ3n) is 4.91. The van der Waals surface area contributed by atoms with Gasteiger partial charge in [0.1, 0.15) is 5.75 Å². The molecule has 1 fully saturated rings. The van der Waals surface area contributed by atoms with Crippen molar-refractivity contribution in [1.82, 2.24) is 4.31 Å². The molecule has 0 radical (unpaired) electrons. The molecular weight excluding hydrogens is 414 g/mol. The lowest BCUT2D eigenvalue weighted by Crippen LogP contribution is -2.42. The number of ether oxygens (including phenoxy) is 1. The van der Waals surface area contributed by atoms with Crippen LogP contribution >= 0.6 is 0 Å². The van der Waals surface area contributed by atoms with Gasteiger partial charge in [0, 0.05) is 24.3 Å². The van der Waals surface area contributed by atoms with Gasteiger partial charge in [-0.1, -0.05) is 19.9 Å². The first-order valence-corrected chi connectivity index (χ1v) is 11.1. The predicted octanol–water partition coefficient (Wildman–Crippen LogP) is 4.21. The number of carbonyl (C=O) groups is 1. The summed E-state index contributed by atoms with van der Waals surface area (Å²) in [5.74, 6) is 0.00935. The molecule has 2 aromatic carbocycles. The van der Waals surface area contributed by atoms with Crippen LogP contribution < -0.4 is 10.1 Å². The summed E-state index contributed by atoms with van der Waals surface area (Å²) in [6, 6.07) is 11.3. The summed E-state index contributed by atoms with van der Waals surface area (Å²) in [7, 11) is -3.71. The number of alkyl halides is 2. The van der Waals surface area contributed by atoms with E-state index in [1.807, 2.05) is 13.8 Å². The van der Waals surface area contributed by atoms with E-state index in [1.165, 1.54) is 52.8 Å². The van der Waals surface area contributed by atoms with Crippen molar-refractivity contribution in [2.45, 2.75) is 31.8 Å². The van der Waals surface area contributed by atoms with Crippen LogP contribution in [0.15, 0.2) is 53.4 Å². The minimum Gasteiger partial charge on any atom is -0.435 e. The second-order valence-electron chi connectivity index (χ2n) is 7.65. The van der Waals surface area contributed by atoms with E-state index < -0.39 is 22.5 Å². The molecule has 0 aliphatic carbocycles. The van der Waals surface area contributed by atoms with Crippen LogP contribution in [0.3, 0.4) is 0 Å².